The number of nitrogens with one attached hydrogen (secondary N) is 2. The van der Waals surface area contributed by atoms with Gasteiger partial charge in [0.1, 0.15) is 5.75 Å². The molecule has 1 aliphatic rings. The lowest BCUT2D eigenvalue weighted by molar-refractivity contribution is -0.130. The quantitative estimate of drug-likeness (QED) is 0.673. The third kappa shape index (κ3) is 4.23. The number of nitrogens with zero attached hydrogens (tertiary/aromatic N) is 2. The average Bonchev–Trinajstić information content (AvgIpc) is 3.42. The van der Waals surface area contributed by atoms with Crippen LogP contribution in [-0.4, -0.2) is 47.1 Å². The normalized spacial score (nSPS) is 13.6. The summed E-state index contributed by atoms with van der Waals surface area (Å²) < 4.78 is 5.23. The summed E-state index contributed by atoms with van der Waals surface area (Å²) in [5.41, 5.74) is 2.85. The van der Waals surface area contributed by atoms with Crippen molar-refractivity contribution in [2.45, 2.75) is 25.7 Å². The Morgan fingerprint density at radius 3 is 2.62 bits per heavy atom. The van der Waals surface area contributed by atoms with E-state index in [1.165, 1.54) is 0 Å². The number of aryl methyl sites for hydroxylation is 1. The van der Waals surface area contributed by atoms with E-state index >= 15 is 0 Å². The van der Waals surface area contributed by atoms with E-state index in [1.807, 2.05) is 41.3 Å². The molecule has 0 radical (unpaired) electrons. The molecule has 29 heavy (non-hydrogen) atoms. The second-order valence-electron chi connectivity index (χ2n) is 7.22. The zero-order valence-electron chi connectivity index (χ0n) is 16.4. The van der Waals surface area contributed by atoms with Crippen LogP contribution in [0, 0.1) is 0 Å². The van der Waals surface area contributed by atoms with Crippen molar-refractivity contribution in [3.8, 4) is 5.75 Å². The van der Waals surface area contributed by atoms with Gasteiger partial charge in [-0.2, -0.15) is 5.10 Å². The van der Waals surface area contributed by atoms with Crippen molar-refractivity contribution in [3.63, 3.8) is 0 Å². The minimum absolute atomic E-state index is 0.223. The number of rotatable bonds is 6. The Labute approximate surface area is 169 Å². The molecule has 7 nitrogen and oxygen atoms in total. The molecular weight excluding hydrogens is 368 g/mol. The number of fused-ring (bicyclic) bond motifs is 1. The Balaban J connectivity index is 1.38. The maximum atomic E-state index is 12.7. The van der Waals surface area contributed by atoms with Gasteiger partial charge in [-0.1, -0.05) is 12.1 Å². The van der Waals surface area contributed by atoms with Crippen LogP contribution in [0.1, 0.15) is 35.3 Å². The molecule has 4 rings (SSSR count). The summed E-state index contributed by atoms with van der Waals surface area (Å²) in [6, 6.07) is 13.0. The molecule has 7 heteroatoms. The molecule has 2 amide bonds. The lowest BCUT2D eigenvalue weighted by Crippen LogP contribution is -2.27. The first-order valence-electron chi connectivity index (χ1n) is 9.84. The topological polar surface area (TPSA) is 87.3 Å². The standard InChI is InChI=1S/C22H24N4O3/c1-29-17-9-10-19-18(14-17)21(25-24-19)22(28)23-16-7-4-15(5-8-16)6-11-20(27)26-12-2-3-13-26/h4-5,7-10,14H,2-3,6,11-13H2,1H3,(H,23,28)(H,24,25). The van der Waals surface area contributed by atoms with Gasteiger partial charge in [0.2, 0.25) is 5.91 Å². The predicted molar refractivity (Wildman–Crippen MR) is 111 cm³/mol. The summed E-state index contributed by atoms with van der Waals surface area (Å²) in [4.78, 5) is 26.8. The molecule has 2 heterocycles. The lowest BCUT2D eigenvalue weighted by Gasteiger charge is -2.15. The Bertz CT molecular complexity index is 1020. The summed E-state index contributed by atoms with van der Waals surface area (Å²) >= 11 is 0. The molecule has 0 atom stereocenters. The van der Waals surface area contributed by atoms with Crippen molar-refractivity contribution in [2.75, 3.05) is 25.5 Å². The van der Waals surface area contributed by atoms with Gasteiger partial charge in [-0.05, 0) is 55.2 Å². The molecule has 1 saturated heterocycles. The molecule has 2 aromatic carbocycles. The van der Waals surface area contributed by atoms with Gasteiger partial charge in [0, 0.05) is 30.6 Å². The number of methoxy groups -OCH3 is 1. The van der Waals surface area contributed by atoms with Crippen LogP contribution in [0.25, 0.3) is 10.9 Å². The summed E-state index contributed by atoms with van der Waals surface area (Å²) in [5, 5.41) is 10.6. The van der Waals surface area contributed by atoms with Gasteiger partial charge < -0.3 is 15.0 Å². The third-order valence-electron chi connectivity index (χ3n) is 5.28. The number of carbonyl (C=O) groups is 2. The van der Waals surface area contributed by atoms with E-state index < -0.39 is 0 Å². The van der Waals surface area contributed by atoms with Crippen molar-refractivity contribution in [3.05, 3.63) is 53.7 Å². The number of hydrogen-bond donors (Lipinski definition) is 2. The second-order valence-corrected chi connectivity index (χ2v) is 7.22. The van der Waals surface area contributed by atoms with Crippen LogP contribution in [0.3, 0.4) is 0 Å². The Morgan fingerprint density at radius 1 is 1.14 bits per heavy atom. The SMILES string of the molecule is COc1ccc2[nH]nc(C(=O)Nc3ccc(CCC(=O)N4CCCC4)cc3)c2c1. The zero-order chi connectivity index (χ0) is 20.2. The van der Waals surface area contributed by atoms with E-state index in [0.717, 1.165) is 37.0 Å². The van der Waals surface area contributed by atoms with Crippen LogP contribution in [0.5, 0.6) is 5.75 Å². The summed E-state index contributed by atoms with van der Waals surface area (Å²) in [6.07, 6.45) is 3.44. The number of aromatic nitrogens is 2. The van der Waals surface area contributed by atoms with Crippen molar-refractivity contribution in [1.82, 2.24) is 15.1 Å². The van der Waals surface area contributed by atoms with Gasteiger partial charge in [-0.15, -0.1) is 0 Å². The number of benzene rings is 2. The molecule has 1 aliphatic heterocycles. The third-order valence-corrected chi connectivity index (χ3v) is 5.28. The highest BCUT2D eigenvalue weighted by atomic mass is 16.5. The van der Waals surface area contributed by atoms with Crippen LogP contribution in [-0.2, 0) is 11.2 Å². The number of ether oxygens (including phenoxy) is 1. The zero-order valence-corrected chi connectivity index (χ0v) is 16.4. The largest absolute Gasteiger partial charge is 0.497 e. The number of likely N-dealkylation sites (tertiary alicyclic amines) is 1. The number of H-pyrrole nitrogens is 1. The molecule has 3 aromatic rings. The van der Waals surface area contributed by atoms with Crippen LogP contribution in [0.4, 0.5) is 5.69 Å². The van der Waals surface area contributed by atoms with Crippen LogP contribution < -0.4 is 10.1 Å². The van der Waals surface area contributed by atoms with Crippen LogP contribution in [0.2, 0.25) is 0 Å². The maximum Gasteiger partial charge on any atom is 0.276 e. The minimum Gasteiger partial charge on any atom is -0.497 e. The van der Waals surface area contributed by atoms with E-state index in [0.29, 0.717) is 35.4 Å². The van der Waals surface area contributed by atoms with Gasteiger partial charge >= 0.3 is 0 Å². The number of carbonyl (C=O) groups excluding carboxylic acids is 2. The van der Waals surface area contributed by atoms with Gasteiger partial charge in [0.05, 0.1) is 12.6 Å². The predicted octanol–water partition coefficient (Wildman–Crippen LogP) is 3.38. The van der Waals surface area contributed by atoms with Gasteiger partial charge in [-0.25, -0.2) is 0 Å². The number of aromatic amines is 1. The van der Waals surface area contributed by atoms with E-state index in [1.54, 1.807) is 13.2 Å². The van der Waals surface area contributed by atoms with E-state index in [-0.39, 0.29) is 11.8 Å². The molecule has 0 bridgehead atoms. The summed E-state index contributed by atoms with van der Waals surface area (Å²) in [6.45, 7) is 1.77. The maximum absolute atomic E-state index is 12.7. The highest BCUT2D eigenvalue weighted by Gasteiger charge is 2.18. The number of anilines is 1. The molecule has 0 aliphatic carbocycles. The average molecular weight is 392 g/mol. The van der Waals surface area contributed by atoms with Crippen molar-refractivity contribution < 1.29 is 14.3 Å². The first-order chi connectivity index (χ1) is 14.1. The highest BCUT2D eigenvalue weighted by molar-refractivity contribution is 6.11. The molecule has 0 unspecified atom stereocenters. The molecule has 150 valence electrons. The first-order valence-corrected chi connectivity index (χ1v) is 9.84. The van der Waals surface area contributed by atoms with Gasteiger partial charge in [0.25, 0.3) is 5.91 Å². The fraction of sp³-hybridized carbons (Fsp3) is 0.318. The monoisotopic (exact) mass is 392 g/mol. The Kier molecular flexibility index (Phi) is 5.46. The highest BCUT2D eigenvalue weighted by Crippen LogP contribution is 2.23. The smallest absolute Gasteiger partial charge is 0.276 e. The summed E-state index contributed by atoms with van der Waals surface area (Å²) in [5.74, 6) is 0.600. The fourth-order valence-electron chi connectivity index (χ4n) is 3.61. The van der Waals surface area contributed by atoms with Gasteiger partial charge in [0.15, 0.2) is 5.69 Å². The van der Waals surface area contributed by atoms with Crippen molar-refractivity contribution in [1.29, 1.82) is 0 Å². The fourth-order valence-corrected chi connectivity index (χ4v) is 3.61. The number of hydrogen-bond acceptors (Lipinski definition) is 4. The summed E-state index contributed by atoms with van der Waals surface area (Å²) in [7, 11) is 1.58. The molecule has 1 aromatic heterocycles. The molecule has 1 fully saturated rings. The van der Waals surface area contributed by atoms with Crippen molar-refractivity contribution >= 4 is 28.4 Å². The molecule has 0 spiro atoms. The van der Waals surface area contributed by atoms with Crippen molar-refractivity contribution in [2.24, 2.45) is 0 Å². The van der Waals surface area contributed by atoms with Gasteiger partial charge in [-0.3, -0.25) is 14.7 Å². The Hall–Kier alpha value is -3.35. The van der Waals surface area contributed by atoms with Crippen LogP contribution >= 0.6 is 0 Å². The first kappa shape index (κ1) is 19.0. The molecular formula is C22H24N4O3. The number of amides is 2. The Morgan fingerprint density at radius 2 is 1.90 bits per heavy atom. The lowest BCUT2D eigenvalue weighted by atomic mass is 10.1. The molecule has 2 N–H and O–H groups in total. The van der Waals surface area contributed by atoms with E-state index in [2.05, 4.69) is 15.5 Å². The second kappa shape index (κ2) is 8.34. The van der Waals surface area contributed by atoms with E-state index in [4.69, 9.17) is 4.74 Å². The molecule has 0 saturated carbocycles. The minimum atomic E-state index is -0.290. The van der Waals surface area contributed by atoms with Crippen LogP contribution in [0.15, 0.2) is 42.5 Å². The van der Waals surface area contributed by atoms with E-state index in [9.17, 15) is 9.59 Å².